The molecule has 0 bridgehead atoms. The molecule has 5 rings (SSSR count). The van der Waals surface area contributed by atoms with Crippen molar-refractivity contribution in [2.24, 2.45) is 0 Å². The number of fused-ring (bicyclic) bond motifs is 1. The fraction of sp³-hybridized carbons (Fsp3) is 0.0357. The first-order chi connectivity index (χ1) is 15.7. The SMILES string of the molecule is O=c1oc(-c2ccccc2)cc(O)c1CSc1ccc(-c2ccc3ccccc3c2)cc1. The Labute approximate surface area is 190 Å². The number of benzene rings is 4. The van der Waals surface area contributed by atoms with Crippen LogP contribution in [-0.2, 0) is 5.75 Å². The van der Waals surface area contributed by atoms with Gasteiger partial charge in [0.25, 0.3) is 0 Å². The monoisotopic (exact) mass is 436 g/mol. The smallest absolute Gasteiger partial charge is 0.344 e. The fourth-order valence-corrected chi connectivity index (χ4v) is 4.56. The Kier molecular flexibility index (Phi) is 5.53. The Morgan fingerprint density at radius 3 is 2.12 bits per heavy atom. The molecule has 3 nitrogen and oxygen atoms in total. The van der Waals surface area contributed by atoms with Gasteiger partial charge in [0.1, 0.15) is 11.5 Å². The Morgan fingerprint density at radius 1 is 0.688 bits per heavy atom. The molecule has 1 N–H and O–H groups in total. The highest BCUT2D eigenvalue weighted by molar-refractivity contribution is 7.98. The van der Waals surface area contributed by atoms with Crippen LogP contribution in [0, 0.1) is 0 Å². The van der Waals surface area contributed by atoms with Gasteiger partial charge in [0, 0.05) is 22.3 Å². The summed E-state index contributed by atoms with van der Waals surface area (Å²) in [5, 5.41) is 12.9. The molecule has 0 saturated heterocycles. The minimum absolute atomic E-state index is 0.0413. The van der Waals surface area contributed by atoms with Crippen LogP contribution in [0.2, 0.25) is 0 Å². The highest BCUT2D eigenvalue weighted by atomic mass is 32.2. The van der Waals surface area contributed by atoms with E-state index in [1.807, 2.05) is 54.6 Å². The number of thioether (sulfide) groups is 1. The average molecular weight is 437 g/mol. The van der Waals surface area contributed by atoms with Crippen molar-refractivity contribution >= 4 is 22.5 Å². The molecule has 0 aliphatic heterocycles. The van der Waals surface area contributed by atoms with Crippen molar-refractivity contribution in [2.45, 2.75) is 10.6 Å². The second-order valence-electron chi connectivity index (χ2n) is 7.50. The fourth-order valence-electron chi connectivity index (χ4n) is 3.65. The summed E-state index contributed by atoms with van der Waals surface area (Å²) in [6, 6.07) is 33.8. The van der Waals surface area contributed by atoms with E-state index in [0.29, 0.717) is 11.5 Å². The van der Waals surface area contributed by atoms with Crippen molar-refractivity contribution in [1.29, 1.82) is 0 Å². The molecule has 156 valence electrons. The summed E-state index contributed by atoms with van der Waals surface area (Å²) in [6.45, 7) is 0. The van der Waals surface area contributed by atoms with Crippen molar-refractivity contribution in [2.75, 3.05) is 0 Å². The molecule has 0 aliphatic rings. The lowest BCUT2D eigenvalue weighted by Crippen LogP contribution is -2.06. The third kappa shape index (κ3) is 4.18. The first kappa shape index (κ1) is 20.2. The van der Waals surface area contributed by atoms with E-state index in [0.717, 1.165) is 21.6 Å². The van der Waals surface area contributed by atoms with Gasteiger partial charge in [-0.15, -0.1) is 11.8 Å². The molecular weight excluding hydrogens is 416 g/mol. The zero-order valence-corrected chi connectivity index (χ0v) is 18.0. The van der Waals surface area contributed by atoms with Gasteiger partial charge in [0.2, 0.25) is 0 Å². The maximum atomic E-state index is 12.5. The van der Waals surface area contributed by atoms with Crippen molar-refractivity contribution in [3.05, 3.63) is 119 Å². The molecule has 0 amide bonds. The molecule has 32 heavy (non-hydrogen) atoms. The quantitative estimate of drug-likeness (QED) is 0.298. The summed E-state index contributed by atoms with van der Waals surface area (Å²) in [6.07, 6.45) is 0. The molecule has 0 fully saturated rings. The number of hydrogen-bond acceptors (Lipinski definition) is 4. The van der Waals surface area contributed by atoms with Crippen molar-refractivity contribution in [3.63, 3.8) is 0 Å². The van der Waals surface area contributed by atoms with E-state index < -0.39 is 5.63 Å². The Hall–Kier alpha value is -3.76. The lowest BCUT2D eigenvalue weighted by atomic mass is 10.0. The average Bonchev–Trinajstić information content (AvgIpc) is 2.84. The summed E-state index contributed by atoms with van der Waals surface area (Å²) in [7, 11) is 0. The lowest BCUT2D eigenvalue weighted by Gasteiger charge is -2.08. The molecule has 0 unspecified atom stereocenters. The first-order valence-electron chi connectivity index (χ1n) is 10.3. The number of hydrogen-bond donors (Lipinski definition) is 1. The first-order valence-corrected chi connectivity index (χ1v) is 11.3. The molecular formula is C28H20O3S. The van der Waals surface area contributed by atoms with E-state index in [-0.39, 0.29) is 11.3 Å². The molecule has 1 aromatic heterocycles. The molecule has 4 heteroatoms. The van der Waals surface area contributed by atoms with Crippen LogP contribution < -0.4 is 5.63 Å². The lowest BCUT2D eigenvalue weighted by molar-refractivity contribution is 0.445. The molecule has 0 atom stereocenters. The minimum Gasteiger partial charge on any atom is -0.507 e. The second kappa shape index (κ2) is 8.77. The van der Waals surface area contributed by atoms with E-state index in [4.69, 9.17) is 4.42 Å². The van der Waals surface area contributed by atoms with E-state index in [9.17, 15) is 9.90 Å². The standard InChI is InChI=1S/C28H20O3S/c29-26-17-27(21-7-2-1-3-8-21)31-28(30)25(26)18-32-24-14-12-20(13-15-24)23-11-10-19-6-4-5-9-22(19)16-23/h1-17,29H,18H2. The van der Waals surface area contributed by atoms with Crippen LogP contribution in [0.15, 0.2) is 117 Å². The second-order valence-corrected chi connectivity index (χ2v) is 8.55. The predicted molar refractivity (Wildman–Crippen MR) is 131 cm³/mol. The summed E-state index contributed by atoms with van der Waals surface area (Å²) in [5.74, 6) is 0.653. The topological polar surface area (TPSA) is 50.4 Å². The molecule has 0 radical (unpaired) electrons. The maximum absolute atomic E-state index is 12.5. The van der Waals surface area contributed by atoms with Gasteiger partial charge in [-0.1, -0.05) is 78.9 Å². The van der Waals surface area contributed by atoms with Gasteiger partial charge in [0.15, 0.2) is 0 Å². The predicted octanol–water partition coefficient (Wildman–Crippen LogP) is 7.12. The summed E-state index contributed by atoms with van der Waals surface area (Å²) >= 11 is 1.49. The number of rotatable bonds is 5. The molecule has 0 aliphatic carbocycles. The third-order valence-corrected chi connectivity index (χ3v) is 6.44. The molecule has 4 aromatic carbocycles. The summed E-state index contributed by atoms with van der Waals surface area (Å²) < 4.78 is 5.45. The van der Waals surface area contributed by atoms with Gasteiger partial charge < -0.3 is 9.52 Å². The normalized spacial score (nSPS) is 11.0. The minimum atomic E-state index is -0.510. The van der Waals surface area contributed by atoms with Crippen LogP contribution in [-0.4, -0.2) is 5.11 Å². The van der Waals surface area contributed by atoms with Gasteiger partial charge >= 0.3 is 5.63 Å². The van der Waals surface area contributed by atoms with Crippen LogP contribution in [0.4, 0.5) is 0 Å². The zero-order valence-electron chi connectivity index (χ0n) is 17.2. The highest BCUT2D eigenvalue weighted by Crippen LogP contribution is 2.31. The van der Waals surface area contributed by atoms with Crippen LogP contribution in [0.3, 0.4) is 0 Å². The van der Waals surface area contributed by atoms with Crippen LogP contribution in [0.5, 0.6) is 5.75 Å². The largest absolute Gasteiger partial charge is 0.507 e. The van der Waals surface area contributed by atoms with Gasteiger partial charge in [-0.25, -0.2) is 4.79 Å². The van der Waals surface area contributed by atoms with Crippen molar-refractivity contribution < 1.29 is 9.52 Å². The van der Waals surface area contributed by atoms with Gasteiger partial charge in [-0.05, 0) is 40.1 Å². The van der Waals surface area contributed by atoms with Gasteiger partial charge in [0.05, 0.1) is 5.56 Å². The third-order valence-electron chi connectivity index (χ3n) is 5.40. The number of aromatic hydroxyl groups is 1. The Bertz CT molecular complexity index is 1440. The maximum Gasteiger partial charge on any atom is 0.344 e. The van der Waals surface area contributed by atoms with Gasteiger partial charge in [-0.2, -0.15) is 0 Å². The summed E-state index contributed by atoms with van der Waals surface area (Å²) in [5.41, 5.74) is 2.81. The van der Waals surface area contributed by atoms with Crippen LogP contribution in [0.25, 0.3) is 33.2 Å². The van der Waals surface area contributed by atoms with E-state index >= 15 is 0 Å². The summed E-state index contributed by atoms with van der Waals surface area (Å²) in [4.78, 5) is 13.5. The Balaban J connectivity index is 1.32. The molecule has 0 saturated carbocycles. The Morgan fingerprint density at radius 2 is 1.38 bits per heavy atom. The van der Waals surface area contributed by atoms with E-state index in [1.165, 1.54) is 28.6 Å². The zero-order chi connectivity index (χ0) is 21.9. The molecule has 1 heterocycles. The van der Waals surface area contributed by atoms with E-state index in [2.05, 4.69) is 42.5 Å². The van der Waals surface area contributed by atoms with Crippen molar-refractivity contribution in [3.8, 4) is 28.2 Å². The molecule has 5 aromatic rings. The van der Waals surface area contributed by atoms with Crippen LogP contribution >= 0.6 is 11.8 Å². The van der Waals surface area contributed by atoms with Gasteiger partial charge in [-0.3, -0.25) is 0 Å². The van der Waals surface area contributed by atoms with Crippen LogP contribution in [0.1, 0.15) is 5.56 Å². The van der Waals surface area contributed by atoms with Crippen molar-refractivity contribution in [1.82, 2.24) is 0 Å². The van der Waals surface area contributed by atoms with E-state index in [1.54, 1.807) is 0 Å². The highest BCUT2D eigenvalue weighted by Gasteiger charge is 2.13. The molecule has 0 spiro atoms.